The number of hydrogen-bond acceptors (Lipinski definition) is 4. The zero-order valence-electron chi connectivity index (χ0n) is 14.7. The number of fused-ring (bicyclic) bond motifs is 3. The highest BCUT2D eigenvalue weighted by atomic mass is 35.5. The van der Waals surface area contributed by atoms with Crippen LogP contribution in [0.4, 0.5) is 0 Å². The lowest BCUT2D eigenvalue weighted by Crippen LogP contribution is -2.57. The van der Waals surface area contributed by atoms with Crippen LogP contribution in [0.1, 0.15) is 32.3 Å². The van der Waals surface area contributed by atoms with Crippen molar-refractivity contribution in [2.75, 3.05) is 13.3 Å². The molecule has 0 N–H and O–H groups in total. The van der Waals surface area contributed by atoms with Gasteiger partial charge in [-0.3, -0.25) is 9.69 Å². The van der Waals surface area contributed by atoms with Crippen LogP contribution in [-0.2, 0) is 14.3 Å². The number of hydrogen-bond donors (Lipinski definition) is 0. The number of ketones is 1. The van der Waals surface area contributed by atoms with Crippen LogP contribution in [0.2, 0.25) is 5.02 Å². The second-order valence-corrected chi connectivity index (χ2v) is 7.99. The Hall–Kier alpha value is -1.36. The molecule has 25 heavy (non-hydrogen) atoms. The predicted octanol–water partition coefficient (Wildman–Crippen LogP) is 3.74. The molecule has 3 aliphatic rings. The zero-order chi connectivity index (χ0) is 17.6. The van der Waals surface area contributed by atoms with E-state index in [1.165, 1.54) is 0 Å². The lowest BCUT2D eigenvalue weighted by Gasteiger charge is -2.49. The standard InChI is InChI=1S/C20H24ClNO3/c1-12(2)22-9-16-18(25-11-22)8-7-15-19(23)17(10-24-20(15)16)13-3-5-14(21)6-4-13/h3-6,10,12,15-16,18,20H,7-9,11H2,1-2H3. The van der Waals surface area contributed by atoms with Gasteiger partial charge in [0.1, 0.15) is 6.10 Å². The molecule has 1 saturated heterocycles. The molecule has 4 nitrogen and oxygen atoms in total. The molecule has 0 bridgehead atoms. The van der Waals surface area contributed by atoms with Crippen LogP contribution >= 0.6 is 11.6 Å². The zero-order valence-corrected chi connectivity index (χ0v) is 15.4. The van der Waals surface area contributed by atoms with Crippen molar-refractivity contribution >= 4 is 23.0 Å². The monoisotopic (exact) mass is 361 g/mol. The molecule has 0 aromatic heterocycles. The van der Waals surface area contributed by atoms with E-state index in [4.69, 9.17) is 21.1 Å². The fourth-order valence-electron chi connectivity index (χ4n) is 4.26. The molecule has 4 unspecified atom stereocenters. The Kier molecular flexibility index (Phi) is 4.61. The Morgan fingerprint density at radius 1 is 1.20 bits per heavy atom. The molecule has 2 fully saturated rings. The third-order valence-corrected chi connectivity index (χ3v) is 6.04. The van der Waals surface area contributed by atoms with Crippen LogP contribution in [0, 0.1) is 11.8 Å². The minimum Gasteiger partial charge on any atom is -0.496 e. The molecule has 1 saturated carbocycles. The summed E-state index contributed by atoms with van der Waals surface area (Å²) >= 11 is 5.96. The highest BCUT2D eigenvalue weighted by Gasteiger charge is 2.49. The first-order valence-electron chi connectivity index (χ1n) is 9.06. The number of carbonyl (C=O) groups excluding carboxylic acids is 1. The van der Waals surface area contributed by atoms with Crippen molar-refractivity contribution in [2.24, 2.45) is 11.8 Å². The molecular weight excluding hydrogens is 338 g/mol. The first kappa shape index (κ1) is 17.1. The maximum Gasteiger partial charge on any atom is 0.173 e. The first-order valence-corrected chi connectivity index (χ1v) is 9.44. The summed E-state index contributed by atoms with van der Waals surface area (Å²) in [7, 11) is 0. The van der Waals surface area contributed by atoms with Crippen LogP contribution < -0.4 is 0 Å². The molecule has 5 heteroatoms. The number of carbonyl (C=O) groups is 1. The molecule has 134 valence electrons. The molecule has 0 spiro atoms. The molecule has 1 aliphatic carbocycles. The molecule has 4 atom stereocenters. The lowest BCUT2D eigenvalue weighted by molar-refractivity contribution is -0.174. The van der Waals surface area contributed by atoms with Gasteiger partial charge in [-0.1, -0.05) is 23.7 Å². The van der Waals surface area contributed by atoms with Crippen molar-refractivity contribution in [3.8, 4) is 0 Å². The summed E-state index contributed by atoms with van der Waals surface area (Å²) in [5.74, 6) is 0.369. The molecule has 2 heterocycles. The number of ether oxygens (including phenoxy) is 2. The number of halogens is 1. The van der Waals surface area contributed by atoms with Gasteiger partial charge >= 0.3 is 0 Å². The van der Waals surface area contributed by atoms with Gasteiger partial charge in [0.2, 0.25) is 0 Å². The van der Waals surface area contributed by atoms with Crippen LogP contribution in [-0.4, -0.2) is 42.2 Å². The summed E-state index contributed by atoms with van der Waals surface area (Å²) in [5, 5.41) is 0.667. The fraction of sp³-hybridized carbons (Fsp3) is 0.550. The summed E-state index contributed by atoms with van der Waals surface area (Å²) in [6.07, 6.45) is 3.54. The lowest BCUT2D eigenvalue weighted by atomic mass is 9.71. The van der Waals surface area contributed by atoms with Crippen LogP contribution in [0.15, 0.2) is 30.5 Å². The quantitative estimate of drug-likeness (QED) is 0.804. The van der Waals surface area contributed by atoms with E-state index in [2.05, 4.69) is 18.7 Å². The van der Waals surface area contributed by atoms with E-state index in [9.17, 15) is 4.79 Å². The average Bonchev–Trinajstić information content (AvgIpc) is 2.62. The van der Waals surface area contributed by atoms with E-state index >= 15 is 0 Å². The number of nitrogens with zero attached hydrogens (tertiary/aromatic N) is 1. The normalized spacial score (nSPS) is 32.6. The first-order chi connectivity index (χ1) is 12.0. The van der Waals surface area contributed by atoms with E-state index < -0.39 is 0 Å². The average molecular weight is 362 g/mol. The van der Waals surface area contributed by atoms with Crippen LogP contribution in [0.25, 0.3) is 5.57 Å². The van der Waals surface area contributed by atoms with Gasteiger partial charge in [0, 0.05) is 23.5 Å². The SMILES string of the molecule is CC(C)N1COC2CCC3C(=O)C(c4ccc(Cl)cc4)=COC3C2C1. The van der Waals surface area contributed by atoms with E-state index in [0.29, 0.717) is 23.4 Å². The summed E-state index contributed by atoms with van der Waals surface area (Å²) in [6, 6.07) is 7.81. The minimum absolute atomic E-state index is 0.0763. The Labute approximate surface area is 153 Å². The predicted molar refractivity (Wildman–Crippen MR) is 97.1 cm³/mol. The molecule has 2 aliphatic heterocycles. The molecular formula is C20H24ClNO3. The molecule has 0 radical (unpaired) electrons. The van der Waals surface area contributed by atoms with E-state index in [-0.39, 0.29) is 29.8 Å². The third-order valence-electron chi connectivity index (χ3n) is 5.79. The number of Topliss-reactive ketones (excluding diaryl/α,β-unsaturated/α-hetero) is 1. The van der Waals surface area contributed by atoms with Crippen molar-refractivity contribution < 1.29 is 14.3 Å². The van der Waals surface area contributed by atoms with Crippen molar-refractivity contribution in [1.82, 2.24) is 4.90 Å². The molecule has 1 aromatic carbocycles. The van der Waals surface area contributed by atoms with Gasteiger partial charge < -0.3 is 9.47 Å². The third kappa shape index (κ3) is 3.12. The molecule has 0 amide bonds. The number of benzene rings is 1. The van der Waals surface area contributed by atoms with Crippen molar-refractivity contribution in [3.05, 3.63) is 41.1 Å². The summed E-state index contributed by atoms with van der Waals surface area (Å²) in [5.41, 5.74) is 1.53. The van der Waals surface area contributed by atoms with Crippen molar-refractivity contribution in [3.63, 3.8) is 0 Å². The largest absolute Gasteiger partial charge is 0.496 e. The Balaban J connectivity index is 1.58. The van der Waals surface area contributed by atoms with E-state index in [1.54, 1.807) is 6.26 Å². The smallest absolute Gasteiger partial charge is 0.173 e. The highest BCUT2D eigenvalue weighted by Crippen LogP contribution is 2.42. The minimum atomic E-state index is -0.0798. The van der Waals surface area contributed by atoms with E-state index in [1.807, 2.05) is 24.3 Å². The summed E-state index contributed by atoms with van der Waals surface area (Å²) in [4.78, 5) is 15.4. The van der Waals surface area contributed by atoms with Gasteiger partial charge in [-0.05, 0) is 44.4 Å². The maximum atomic E-state index is 13.1. The van der Waals surface area contributed by atoms with Gasteiger partial charge in [-0.2, -0.15) is 0 Å². The molecule has 1 aromatic rings. The van der Waals surface area contributed by atoms with Gasteiger partial charge in [0.25, 0.3) is 0 Å². The maximum absolute atomic E-state index is 13.1. The molecule has 4 rings (SSSR count). The Bertz CT molecular complexity index is 685. The van der Waals surface area contributed by atoms with Gasteiger partial charge in [0.15, 0.2) is 5.78 Å². The van der Waals surface area contributed by atoms with Gasteiger partial charge in [-0.25, -0.2) is 0 Å². The Morgan fingerprint density at radius 2 is 1.96 bits per heavy atom. The van der Waals surface area contributed by atoms with Gasteiger partial charge in [-0.15, -0.1) is 0 Å². The fourth-order valence-corrected chi connectivity index (χ4v) is 4.38. The summed E-state index contributed by atoms with van der Waals surface area (Å²) < 4.78 is 12.2. The second-order valence-electron chi connectivity index (χ2n) is 7.55. The van der Waals surface area contributed by atoms with Crippen molar-refractivity contribution in [1.29, 1.82) is 0 Å². The van der Waals surface area contributed by atoms with Crippen molar-refractivity contribution in [2.45, 2.75) is 44.9 Å². The van der Waals surface area contributed by atoms with Crippen LogP contribution in [0.5, 0.6) is 0 Å². The van der Waals surface area contributed by atoms with Crippen LogP contribution in [0.3, 0.4) is 0 Å². The Morgan fingerprint density at radius 3 is 2.68 bits per heavy atom. The highest BCUT2D eigenvalue weighted by molar-refractivity contribution is 6.30. The van der Waals surface area contributed by atoms with Gasteiger partial charge in [0.05, 0.1) is 30.6 Å². The second kappa shape index (κ2) is 6.75. The topological polar surface area (TPSA) is 38.8 Å². The number of allylic oxidation sites excluding steroid dienone is 1. The van der Waals surface area contributed by atoms with E-state index in [0.717, 1.165) is 24.9 Å². The summed E-state index contributed by atoms with van der Waals surface area (Å²) in [6.45, 7) is 5.96. The number of rotatable bonds is 2.